The third-order valence-corrected chi connectivity index (χ3v) is 4.53. The van der Waals surface area contributed by atoms with Crippen LogP contribution < -0.4 is 5.56 Å². The molecular formula is C13H17N3OS. The van der Waals surface area contributed by atoms with Crippen molar-refractivity contribution in [1.29, 1.82) is 0 Å². The summed E-state index contributed by atoms with van der Waals surface area (Å²) in [6, 6.07) is 7.84. The van der Waals surface area contributed by atoms with Crippen LogP contribution in [-0.4, -0.2) is 47.0 Å². The van der Waals surface area contributed by atoms with Gasteiger partial charge in [0.2, 0.25) is 0 Å². The van der Waals surface area contributed by atoms with Gasteiger partial charge >= 0.3 is 0 Å². The fraction of sp³-hybridized carbons (Fsp3) is 0.462. The number of rotatable bonds is 2. The fourth-order valence-electron chi connectivity index (χ4n) is 2.28. The van der Waals surface area contributed by atoms with Crippen molar-refractivity contribution < 1.29 is 0 Å². The molecule has 18 heavy (non-hydrogen) atoms. The lowest BCUT2D eigenvalue weighted by Crippen LogP contribution is -2.45. The van der Waals surface area contributed by atoms with Crippen LogP contribution in [0.4, 0.5) is 0 Å². The Morgan fingerprint density at radius 1 is 1.17 bits per heavy atom. The van der Waals surface area contributed by atoms with E-state index in [4.69, 9.17) is 0 Å². The highest BCUT2D eigenvalue weighted by Crippen LogP contribution is 2.16. The molecule has 0 saturated carbocycles. The Morgan fingerprint density at radius 2 is 1.89 bits per heavy atom. The normalized spacial score (nSPS) is 18.5. The predicted molar refractivity (Wildman–Crippen MR) is 75.2 cm³/mol. The van der Waals surface area contributed by atoms with E-state index in [1.807, 2.05) is 28.2 Å². The van der Waals surface area contributed by atoms with E-state index in [2.05, 4.69) is 16.8 Å². The van der Waals surface area contributed by atoms with Gasteiger partial charge in [-0.1, -0.05) is 23.7 Å². The lowest BCUT2D eigenvalue weighted by molar-refractivity contribution is 0.128. The Balaban J connectivity index is 1.82. The molecule has 0 bridgehead atoms. The third kappa shape index (κ3) is 2.21. The Labute approximate surface area is 110 Å². The van der Waals surface area contributed by atoms with Gasteiger partial charge in [0, 0.05) is 26.2 Å². The average molecular weight is 263 g/mol. The number of hydrogen-bond donors (Lipinski definition) is 0. The Hall–Kier alpha value is -1.17. The highest BCUT2D eigenvalue weighted by Gasteiger charge is 2.15. The van der Waals surface area contributed by atoms with Crippen LogP contribution in [0.1, 0.15) is 0 Å². The predicted octanol–water partition coefficient (Wildman–Crippen LogP) is 1.27. The zero-order chi connectivity index (χ0) is 12.5. The van der Waals surface area contributed by atoms with E-state index < -0.39 is 0 Å². The van der Waals surface area contributed by atoms with Crippen LogP contribution in [-0.2, 0) is 6.67 Å². The molecule has 0 unspecified atom stereocenters. The van der Waals surface area contributed by atoms with Crippen molar-refractivity contribution in [1.82, 2.24) is 13.8 Å². The van der Waals surface area contributed by atoms with Gasteiger partial charge < -0.3 is 4.90 Å². The van der Waals surface area contributed by atoms with Crippen molar-refractivity contribution >= 4 is 21.6 Å². The largest absolute Gasteiger partial charge is 0.304 e. The molecule has 0 aliphatic carbocycles. The van der Waals surface area contributed by atoms with Crippen LogP contribution >= 0.6 is 11.5 Å². The Kier molecular flexibility index (Phi) is 3.20. The van der Waals surface area contributed by atoms with Gasteiger partial charge in [0.05, 0.1) is 16.8 Å². The standard InChI is InChI=1S/C13H17N3OS/c1-14-6-8-15(9-7-14)10-16-13(17)11-4-2-3-5-12(11)18-16/h2-5H,6-10H2,1H3. The first kappa shape index (κ1) is 11.9. The minimum absolute atomic E-state index is 0.148. The first-order chi connectivity index (χ1) is 8.74. The SMILES string of the molecule is CN1CCN(Cn2sc3ccccc3c2=O)CC1. The van der Waals surface area contributed by atoms with Gasteiger partial charge in [-0.15, -0.1) is 0 Å². The van der Waals surface area contributed by atoms with Gasteiger partial charge in [-0.05, 0) is 19.2 Å². The number of benzene rings is 1. The van der Waals surface area contributed by atoms with Gasteiger partial charge in [0.25, 0.3) is 5.56 Å². The maximum Gasteiger partial charge on any atom is 0.269 e. The first-order valence-corrected chi connectivity index (χ1v) is 7.01. The molecule has 1 aromatic heterocycles. The lowest BCUT2D eigenvalue weighted by Gasteiger charge is -2.31. The van der Waals surface area contributed by atoms with Gasteiger partial charge in [-0.2, -0.15) is 0 Å². The second kappa shape index (κ2) is 4.84. The lowest BCUT2D eigenvalue weighted by atomic mass is 10.3. The molecule has 1 aliphatic rings. The maximum absolute atomic E-state index is 12.2. The first-order valence-electron chi connectivity index (χ1n) is 6.24. The number of nitrogens with zero attached hydrogens (tertiary/aromatic N) is 3. The molecule has 0 amide bonds. The molecule has 1 aromatic carbocycles. The van der Waals surface area contributed by atoms with E-state index in [-0.39, 0.29) is 5.56 Å². The molecule has 2 heterocycles. The van der Waals surface area contributed by atoms with E-state index in [0.717, 1.165) is 42.9 Å². The van der Waals surface area contributed by atoms with Crippen molar-refractivity contribution in [2.75, 3.05) is 33.2 Å². The molecule has 5 heteroatoms. The molecule has 1 saturated heterocycles. The van der Waals surface area contributed by atoms with Gasteiger partial charge in [-0.25, -0.2) is 3.96 Å². The zero-order valence-electron chi connectivity index (χ0n) is 10.5. The molecule has 0 radical (unpaired) electrons. The molecule has 96 valence electrons. The van der Waals surface area contributed by atoms with Crippen molar-refractivity contribution in [2.45, 2.75) is 6.67 Å². The summed E-state index contributed by atoms with van der Waals surface area (Å²) in [5.41, 5.74) is 0.148. The van der Waals surface area contributed by atoms with Gasteiger partial charge in [-0.3, -0.25) is 9.69 Å². The van der Waals surface area contributed by atoms with Crippen molar-refractivity contribution in [3.05, 3.63) is 34.6 Å². The average Bonchev–Trinajstić information content (AvgIpc) is 2.70. The van der Waals surface area contributed by atoms with E-state index >= 15 is 0 Å². The summed E-state index contributed by atoms with van der Waals surface area (Å²) in [4.78, 5) is 16.9. The number of likely N-dealkylation sites (N-methyl/N-ethyl adjacent to an activating group) is 1. The van der Waals surface area contributed by atoms with E-state index in [1.54, 1.807) is 11.5 Å². The topological polar surface area (TPSA) is 28.5 Å². The molecule has 0 N–H and O–H groups in total. The van der Waals surface area contributed by atoms with E-state index in [0.29, 0.717) is 0 Å². The number of hydrogen-bond acceptors (Lipinski definition) is 4. The molecule has 3 rings (SSSR count). The van der Waals surface area contributed by atoms with Crippen LogP contribution in [0.3, 0.4) is 0 Å². The summed E-state index contributed by atoms with van der Waals surface area (Å²) in [5.74, 6) is 0. The Bertz CT molecular complexity index is 596. The second-order valence-electron chi connectivity index (χ2n) is 4.83. The fourth-order valence-corrected chi connectivity index (χ4v) is 3.31. The number of piperazine rings is 1. The van der Waals surface area contributed by atoms with Crippen molar-refractivity contribution in [3.8, 4) is 0 Å². The zero-order valence-corrected chi connectivity index (χ0v) is 11.3. The monoisotopic (exact) mass is 263 g/mol. The smallest absolute Gasteiger partial charge is 0.269 e. The van der Waals surface area contributed by atoms with Crippen LogP contribution in [0.15, 0.2) is 29.1 Å². The number of fused-ring (bicyclic) bond motifs is 1. The third-order valence-electron chi connectivity index (χ3n) is 3.48. The minimum Gasteiger partial charge on any atom is -0.304 e. The maximum atomic E-state index is 12.2. The summed E-state index contributed by atoms with van der Waals surface area (Å²) in [5, 5.41) is 0.844. The van der Waals surface area contributed by atoms with Crippen molar-refractivity contribution in [3.63, 3.8) is 0 Å². The molecule has 4 nitrogen and oxygen atoms in total. The summed E-state index contributed by atoms with van der Waals surface area (Å²) >= 11 is 1.57. The quantitative estimate of drug-likeness (QED) is 0.817. The highest BCUT2D eigenvalue weighted by atomic mass is 32.1. The van der Waals surface area contributed by atoms with Gasteiger partial charge in [0.15, 0.2) is 0 Å². The summed E-state index contributed by atoms with van der Waals surface area (Å²) in [6.45, 7) is 4.97. The molecule has 1 fully saturated rings. The van der Waals surface area contributed by atoms with Crippen LogP contribution in [0, 0.1) is 0 Å². The van der Waals surface area contributed by atoms with Crippen LogP contribution in [0.2, 0.25) is 0 Å². The van der Waals surface area contributed by atoms with E-state index in [1.165, 1.54) is 0 Å². The molecule has 1 aliphatic heterocycles. The molecule has 0 spiro atoms. The molecule has 2 aromatic rings. The summed E-state index contributed by atoms with van der Waals surface area (Å²) in [6.07, 6.45) is 0. The second-order valence-corrected chi connectivity index (χ2v) is 5.90. The highest BCUT2D eigenvalue weighted by molar-refractivity contribution is 7.13. The summed E-state index contributed by atoms with van der Waals surface area (Å²) in [7, 11) is 2.14. The summed E-state index contributed by atoms with van der Waals surface area (Å²) < 4.78 is 2.95. The molecule has 0 atom stereocenters. The van der Waals surface area contributed by atoms with E-state index in [9.17, 15) is 4.79 Å². The Morgan fingerprint density at radius 3 is 2.61 bits per heavy atom. The molecular weight excluding hydrogens is 246 g/mol. The number of aromatic nitrogens is 1. The van der Waals surface area contributed by atoms with Crippen LogP contribution in [0.25, 0.3) is 10.1 Å². The van der Waals surface area contributed by atoms with Gasteiger partial charge in [0.1, 0.15) is 0 Å². The van der Waals surface area contributed by atoms with Crippen molar-refractivity contribution in [2.24, 2.45) is 0 Å². The minimum atomic E-state index is 0.148. The van der Waals surface area contributed by atoms with Crippen LogP contribution in [0.5, 0.6) is 0 Å².